The van der Waals surface area contributed by atoms with Crippen molar-refractivity contribution in [2.75, 3.05) is 5.32 Å². The van der Waals surface area contributed by atoms with E-state index >= 15 is 0 Å². The van der Waals surface area contributed by atoms with Gasteiger partial charge < -0.3 is 5.32 Å². The molecule has 0 bridgehead atoms. The van der Waals surface area contributed by atoms with Gasteiger partial charge >= 0.3 is 0 Å². The topological polar surface area (TPSA) is 61.6 Å². The highest BCUT2D eigenvalue weighted by atomic mass is 79.9. The summed E-state index contributed by atoms with van der Waals surface area (Å²) in [6, 6.07) is 8.88. The van der Waals surface area contributed by atoms with E-state index in [0.29, 0.717) is 22.4 Å². The highest BCUT2D eigenvalue weighted by Gasteiger charge is 2.04. The number of nitrogens with one attached hydrogen (secondary N) is 1. The summed E-state index contributed by atoms with van der Waals surface area (Å²) in [5.41, 5.74) is 0.977. The number of aromatic nitrogens is 2. The summed E-state index contributed by atoms with van der Waals surface area (Å²) in [7, 11) is 0. The highest BCUT2D eigenvalue weighted by Crippen LogP contribution is 2.27. The van der Waals surface area contributed by atoms with Gasteiger partial charge in [0.1, 0.15) is 11.8 Å². The van der Waals surface area contributed by atoms with Crippen molar-refractivity contribution < 1.29 is 0 Å². The van der Waals surface area contributed by atoms with Crippen LogP contribution in [0, 0.1) is 11.3 Å². The van der Waals surface area contributed by atoms with Crippen LogP contribution in [0.25, 0.3) is 0 Å². The van der Waals surface area contributed by atoms with E-state index in [0.717, 1.165) is 4.47 Å². The smallest absolute Gasteiger partial charge is 0.228 e. The first kappa shape index (κ1) is 11.8. The molecule has 1 N–H and O–H groups in total. The van der Waals surface area contributed by atoms with Gasteiger partial charge in [0.05, 0.1) is 10.7 Å². The summed E-state index contributed by atoms with van der Waals surface area (Å²) in [6.07, 6.45) is 1.51. The average Bonchev–Trinajstić information content (AvgIpc) is 2.34. The van der Waals surface area contributed by atoms with E-state index in [1.54, 1.807) is 6.07 Å². The van der Waals surface area contributed by atoms with Gasteiger partial charge in [-0.2, -0.15) is 5.26 Å². The molecule has 0 aliphatic rings. The Morgan fingerprint density at radius 1 is 1.35 bits per heavy atom. The molecule has 17 heavy (non-hydrogen) atoms. The van der Waals surface area contributed by atoms with Gasteiger partial charge in [-0.05, 0) is 24.3 Å². The second-order valence-corrected chi connectivity index (χ2v) is 4.45. The Balaban J connectivity index is 2.31. The molecule has 0 radical (unpaired) electrons. The fraction of sp³-hybridized carbons (Fsp3) is 0. The van der Waals surface area contributed by atoms with Crippen molar-refractivity contribution in [3.8, 4) is 6.07 Å². The summed E-state index contributed by atoms with van der Waals surface area (Å²) >= 11 is 9.36. The molecule has 0 fully saturated rings. The van der Waals surface area contributed by atoms with E-state index in [4.69, 9.17) is 16.9 Å². The lowest BCUT2D eigenvalue weighted by Crippen LogP contribution is -1.98. The Bertz CT molecular complexity index is 594. The first-order valence-corrected chi connectivity index (χ1v) is 5.81. The molecule has 0 spiro atoms. The van der Waals surface area contributed by atoms with Gasteiger partial charge in [0.2, 0.25) is 5.95 Å². The minimum Gasteiger partial charge on any atom is -0.323 e. The maximum Gasteiger partial charge on any atom is 0.228 e. The zero-order valence-electron chi connectivity index (χ0n) is 8.48. The molecular formula is C11H6BrClN4. The fourth-order valence-corrected chi connectivity index (χ4v) is 1.72. The van der Waals surface area contributed by atoms with Crippen LogP contribution in [-0.4, -0.2) is 9.97 Å². The largest absolute Gasteiger partial charge is 0.323 e. The van der Waals surface area contributed by atoms with Crippen LogP contribution < -0.4 is 5.32 Å². The van der Waals surface area contributed by atoms with Crippen LogP contribution in [0.5, 0.6) is 0 Å². The predicted molar refractivity (Wildman–Crippen MR) is 69.2 cm³/mol. The molecule has 1 aromatic heterocycles. The van der Waals surface area contributed by atoms with E-state index in [2.05, 4.69) is 31.2 Å². The molecule has 0 aliphatic carbocycles. The number of halogens is 2. The van der Waals surface area contributed by atoms with E-state index in [9.17, 15) is 0 Å². The normalized spacial score (nSPS) is 9.71. The van der Waals surface area contributed by atoms with Crippen molar-refractivity contribution in [2.45, 2.75) is 0 Å². The molecule has 84 valence electrons. The van der Waals surface area contributed by atoms with Gasteiger partial charge in [-0.3, -0.25) is 0 Å². The lowest BCUT2D eigenvalue weighted by molar-refractivity contribution is 1.14. The minimum atomic E-state index is 0.300. The van der Waals surface area contributed by atoms with Crippen molar-refractivity contribution in [1.82, 2.24) is 9.97 Å². The molecule has 1 aromatic carbocycles. The Morgan fingerprint density at radius 2 is 2.18 bits per heavy atom. The number of nitriles is 1. The van der Waals surface area contributed by atoms with Crippen LogP contribution in [0.3, 0.4) is 0 Å². The monoisotopic (exact) mass is 308 g/mol. The van der Waals surface area contributed by atoms with Gasteiger partial charge in [0.25, 0.3) is 0 Å². The first-order valence-electron chi connectivity index (χ1n) is 4.64. The lowest BCUT2D eigenvalue weighted by atomic mass is 10.3. The van der Waals surface area contributed by atoms with Gasteiger partial charge in [-0.15, -0.1) is 0 Å². The summed E-state index contributed by atoms with van der Waals surface area (Å²) in [5.74, 6) is 0.337. The molecule has 2 rings (SSSR count). The van der Waals surface area contributed by atoms with E-state index < -0.39 is 0 Å². The molecule has 1 heterocycles. The number of anilines is 2. The zero-order chi connectivity index (χ0) is 12.3. The molecule has 0 saturated heterocycles. The predicted octanol–water partition coefficient (Wildman–Crippen LogP) is 3.51. The van der Waals surface area contributed by atoms with Crippen LogP contribution in [0.15, 0.2) is 34.9 Å². The van der Waals surface area contributed by atoms with Crippen LogP contribution in [0.4, 0.5) is 11.6 Å². The van der Waals surface area contributed by atoms with Crippen molar-refractivity contribution >= 4 is 39.2 Å². The lowest BCUT2D eigenvalue weighted by Gasteiger charge is -2.06. The SMILES string of the molecule is N#Cc1ccnc(Nc2cc(Br)ccc2Cl)n1. The van der Waals surface area contributed by atoms with Crippen molar-refractivity contribution in [1.29, 1.82) is 5.26 Å². The summed E-state index contributed by atoms with van der Waals surface area (Å²) in [4.78, 5) is 8.01. The fourth-order valence-electron chi connectivity index (χ4n) is 1.19. The standard InChI is InChI=1S/C11H6BrClN4/c12-7-1-2-9(13)10(5-7)17-11-15-4-3-8(6-14)16-11/h1-5H,(H,15,16,17). The number of benzene rings is 1. The number of rotatable bonds is 2. The van der Waals surface area contributed by atoms with Gasteiger partial charge in [0, 0.05) is 10.7 Å². The van der Waals surface area contributed by atoms with Crippen molar-refractivity contribution in [3.05, 3.63) is 45.7 Å². The summed E-state index contributed by atoms with van der Waals surface area (Å²) in [5, 5.41) is 12.2. The number of hydrogen-bond acceptors (Lipinski definition) is 4. The molecule has 0 aliphatic heterocycles. The van der Waals surface area contributed by atoms with Crippen molar-refractivity contribution in [3.63, 3.8) is 0 Å². The maximum atomic E-state index is 8.73. The van der Waals surface area contributed by atoms with E-state index in [-0.39, 0.29) is 0 Å². The Hall–Kier alpha value is -1.64. The van der Waals surface area contributed by atoms with E-state index in [1.807, 2.05) is 18.2 Å². The first-order chi connectivity index (χ1) is 8.19. The molecule has 0 atom stereocenters. The molecule has 0 amide bonds. The van der Waals surface area contributed by atoms with Crippen LogP contribution in [0.1, 0.15) is 5.69 Å². The summed E-state index contributed by atoms with van der Waals surface area (Å²) < 4.78 is 0.890. The molecule has 0 unspecified atom stereocenters. The second-order valence-electron chi connectivity index (χ2n) is 3.13. The Labute approximate surface area is 111 Å². The number of hydrogen-bond donors (Lipinski definition) is 1. The van der Waals surface area contributed by atoms with E-state index in [1.165, 1.54) is 12.3 Å². The van der Waals surface area contributed by atoms with Crippen LogP contribution in [0.2, 0.25) is 5.02 Å². The summed E-state index contributed by atoms with van der Waals surface area (Å²) in [6.45, 7) is 0. The minimum absolute atomic E-state index is 0.300. The molecule has 2 aromatic rings. The Morgan fingerprint density at radius 3 is 2.94 bits per heavy atom. The number of nitrogens with zero attached hydrogens (tertiary/aromatic N) is 3. The van der Waals surface area contributed by atoms with Crippen LogP contribution >= 0.6 is 27.5 Å². The molecule has 4 nitrogen and oxygen atoms in total. The average molecular weight is 310 g/mol. The van der Waals surface area contributed by atoms with Gasteiger partial charge in [-0.25, -0.2) is 9.97 Å². The zero-order valence-corrected chi connectivity index (χ0v) is 10.8. The maximum absolute atomic E-state index is 8.73. The third-order valence-corrected chi connectivity index (χ3v) is 2.77. The van der Waals surface area contributed by atoms with Crippen molar-refractivity contribution in [2.24, 2.45) is 0 Å². The second kappa shape index (κ2) is 5.13. The van der Waals surface area contributed by atoms with Gasteiger partial charge in [0.15, 0.2) is 0 Å². The molecule has 0 saturated carbocycles. The van der Waals surface area contributed by atoms with Crippen LogP contribution in [-0.2, 0) is 0 Å². The third-order valence-electron chi connectivity index (χ3n) is 1.95. The van der Waals surface area contributed by atoms with Gasteiger partial charge in [-0.1, -0.05) is 27.5 Å². The quantitative estimate of drug-likeness (QED) is 0.922. The highest BCUT2D eigenvalue weighted by molar-refractivity contribution is 9.10. The third kappa shape index (κ3) is 2.93. The molecular weight excluding hydrogens is 304 g/mol. The Kier molecular flexibility index (Phi) is 3.57. The molecule has 6 heteroatoms.